The van der Waals surface area contributed by atoms with Crippen molar-refractivity contribution in [2.75, 3.05) is 20.3 Å². The number of hydrogen-bond acceptors (Lipinski definition) is 2. The predicted octanol–water partition coefficient (Wildman–Crippen LogP) is 3.45. The molecule has 0 unspecified atom stereocenters. The van der Waals surface area contributed by atoms with Crippen molar-refractivity contribution in [3.05, 3.63) is 59.7 Å². The lowest BCUT2D eigenvalue weighted by Gasteiger charge is -2.23. The SMILES string of the molecule is CCCCN(Cc1cccn1Cc1cccc(F)c1)C(=O)COC. The van der Waals surface area contributed by atoms with Crippen molar-refractivity contribution in [2.24, 2.45) is 0 Å². The summed E-state index contributed by atoms with van der Waals surface area (Å²) in [4.78, 5) is 14.1. The van der Waals surface area contributed by atoms with Crippen molar-refractivity contribution in [1.82, 2.24) is 9.47 Å². The molecular formula is C19H25FN2O2. The largest absolute Gasteiger partial charge is 0.375 e. The van der Waals surface area contributed by atoms with Crippen molar-refractivity contribution >= 4 is 5.91 Å². The van der Waals surface area contributed by atoms with Crippen LogP contribution in [0, 0.1) is 5.82 Å². The fraction of sp³-hybridized carbons (Fsp3) is 0.421. The van der Waals surface area contributed by atoms with E-state index in [0.29, 0.717) is 19.6 Å². The van der Waals surface area contributed by atoms with E-state index in [9.17, 15) is 9.18 Å². The molecule has 2 rings (SSSR count). The van der Waals surface area contributed by atoms with Crippen molar-refractivity contribution in [3.63, 3.8) is 0 Å². The normalized spacial score (nSPS) is 10.8. The molecule has 0 bridgehead atoms. The summed E-state index contributed by atoms with van der Waals surface area (Å²) in [6, 6.07) is 10.5. The maximum atomic E-state index is 13.4. The highest BCUT2D eigenvalue weighted by atomic mass is 19.1. The number of carbonyl (C=O) groups is 1. The molecule has 5 heteroatoms. The van der Waals surface area contributed by atoms with Gasteiger partial charge in [-0.1, -0.05) is 25.5 Å². The van der Waals surface area contributed by atoms with E-state index in [1.165, 1.54) is 19.2 Å². The van der Waals surface area contributed by atoms with Gasteiger partial charge in [-0.15, -0.1) is 0 Å². The number of rotatable bonds is 9. The first-order valence-corrected chi connectivity index (χ1v) is 8.29. The molecule has 24 heavy (non-hydrogen) atoms. The van der Waals surface area contributed by atoms with E-state index >= 15 is 0 Å². The minimum absolute atomic E-state index is 0.00976. The first-order valence-electron chi connectivity index (χ1n) is 8.29. The summed E-state index contributed by atoms with van der Waals surface area (Å²) in [7, 11) is 1.53. The Morgan fingerprint density at radius 2 is 2.12 bits per heavy atom. The second-order valence-electron chi connectivity index (χ2n) is 5.86. The van der Waals surface area contributed by atoms with Crippen molar-refractivity contribution in [2.45, 2.75) is 32.9 Å². The van der Waals surface area contributed by atoms with Crippen LogP contribution in [-0.4, -0.2) is 35.6 Å². The number of ether oxygens (including phenoxy) is 1. The van der Waals surface area contributed by atoms with Crippen LogP contribution in [-0.2, 0) is 22.6 Å². The van der Waals surface area contributed by atoms with Gasteiger partial charge in [0.15, 0.2) is 0 Å². The first kappa shape index (κ1) is 18.2. The number of methoxy groups -OCH3 is 1. The molecule has 0 aliphatic carbocycles. The van der Waals surface area contributed by atoms with Gasteiger partial charge in [-0.3, -0.25) is 4.79 Å². The van der Waals surface area contributed by atoms with Crippen LogP contribution >= 0.6 is 0 Å². The van der Waals surface area contributed by atoms with E-state index in [1.54, 1.807) is 6.07 Å². The molecule has 0 spiro atoms. The Morgan fingerprint density at radius 1 is 1.29 bits per heavy atom. The Labute approximate surface area is 142 Å². The Balaban J connectivity index is 2.10. The highest BCUT2D eigenvalue weighted by Crippen LogP contribution is 2.12. The number of halogens is 1. The fourth-order valence-corrected chi connectivity index (χ4v) is 2.63. The zero-order valence-corrected chi connectivity index (χ0v) is 14.4. The maximum Gasteiger partial charge on any atom is 0.248 e. The Kier molecular flexibility index (Phi) is 7.00. The molecule has 2 aromatic rings. The predicted molar refractivity (Wildman–Crippen MR) is 92.1 cm³/mol. The van der Waals surface area contributed by atoms with Gasteiger partial charge in [0.05, 0.1) is 6.54 Å². The molecule has 1 aromatic heterocycles. The summed E-state index contributed by atoms with van der Waals surface area (Å²) in [5.74, 6) is -0.245. The molecule has 130 valence electrons. The highest BCUT2D eigenvalue weighted by molar-refractivity contribution is 5.77. The number of nitrogens with zero attached hydrogens (tertiary/aromatic N) is 2. The zero-order valence-electron chi connectivity index (χ0n) is 14.4. The number of benzene rings is 1. The number of unbranched alkanes of at least 4 members (excludes halogenated alkanes) is 1. The van der Waals surface area contributed by atoms with Crippen LogP contribution in [0.25, 0.3) is 0 Å². The first-order chi connectivity index (χ1) is 11.6. The van der Waals surface area contributed by atoms with Gasteiger partial charge in [-0.25, -0.2) is 4.39 Å². The van der Waals surface area contributed by atoms with E-state index in [4.69, 9.17) is 4.74 Å². The van der Waals surface area contributed by atoms with E-state index < -0.39 is 0 Å². The van der Waals surface area contributed by atoms with Gasteiger partial charge in [0, 0.05) is 32.1 Å². The third kappa shape index (κ3) is 5.20. The molecule has 0 aliphatic heterocycles. The molecule has 0 saturated heterocycles. The summed E-state index contributed by atoms with van der Waals surface area (Å²) in [5, 5.41) is 0. The number of carbonyl (C=O) groups excluding carboxylic acids is 1. The van der Waals surface area contributed by atoms with E-state index in [2.05, 4.69) is 6.92 Å². The van der Waals surface area contributed by atoms with Gasteiger partial charge in [-0.2, -0.15) is 0 Å². The topological polar surface area (TPSA) is 34.5 Å². The quantitative estimate of drug-likeness (QED) is 0.705. The maximum absolute atomic E-state index is 13.4. The summed E-state index contributed by atoms with van der Waals surface area (Å²) >= 11 is 0. The second kappa shape index (κ2) is 9.23. The number of hydrogen-bond donors (Lipinski definition) is 0. The second-order valence-corrected chi connectivity index (χ2v) is 5.86. The molecule has 0 N–H and O–H groups in total. The van der Waals surface area contributed by atoms with Gasteiger partial charge < -0.3 is 14.2 Å². The minimum Gasteiger partial charge on any atom is -0.375 e. The van der Waals surface area contributed by atoms with Crippen LogP contribution in [0.3, 0.4) is 0 Å². The van der Waals surface area contributed by atoms with Crippen molar-refractivity contribution in [3.8, 4) is 0 Å². The molecular weight excluding hydrogens is 307 g/mol. The third-order valence-corrected chi connectivity index (χ3v) is 3.92. The lowest BCUT2D eigenvalue weighted by atomic mass is 10.2. The molecule has 1 amide bonds. The Hall–Kier alpha value is -2.14. The summed E-state index contributed by atoms with van der Waals surface area (Å²) in [6.45, 7) is 4.02. The van der Waals surface area contributed by atoms with Crippen LogP contribution < -0.4 is 0 Å². The number of amides is 1. The lowest BCUT2D eigenvalue weighted by molar-refractivity contribution is -0.135. The molecule has 0 atom stereocenters. The molecule has 1 aromatic carbocycles. The van der Waals surface area contributed by atoms with Gasteiger partial charge in [-0.05, 0) is 36.2 Å². The Bertz CT molecular complexity index is 654. The molecule has 4 nitrogen and oxygen atoms in total. The van der Waals surface area contributed by atoms with Crippen molar-refractivity contribution in [1.29, 1.82) is 0 Å². The summed E-state index contributed by atoms with van der Waals surface area (Å²) < 4.78 is 20.4. The van der Waals surface area contributed by atoms with Crippen molar-refractivity contribution < 1.29 is 13.9 Å². The summed E-state index contributed by atoms with van der Waals surface area (Å²) in [5.41, 5.74) is 1.93. The van der Waals surface area contributed by atoms with Gasteiger partial charge >= 0.3 is 0 Å². The van der Waals surface area contributed by atoms with Crippen LogP contribution in [0.2, 0.25) is 0 Å². The highest BCUT2D eigenvalue weighted by Gasteiger charge is 2.15. The van der Waals surface area contributed by atoms with Crippen LogP contribution in [0.1, 0.15) is 31.0 Å². The van der Waals surface area contributed by atoms with Crippen LogP contribution in [0.5, 0.6) is 0 Å². The zero-order chi connectivity index (χ0) is 17.4. The van der Waals surface area contributed by atoms with Gasteiger partial charge in [0.25, 0.3) is 0 Å². The van der Waals surface area contributed by atoms with Crippen LogP contribution in [0.4, 0.5) is 4.39 Å². The van der Waals surface area contributed by atoms with Gasteiger partial charge in [0.2, 0.25) is 5.91 Å². The van der Waals surface area contributed by atoms with E-state index in [1.807, 2.05) is 33.9 Å². The average Bonchev–Trinajstić information content (AvgIpc) is 2.98. The Morgan fingerprint density at radius 3 is 2.83 bits per heavy atom. The van der Waals surface area contributed by atoms with E-state index in [-0.39, 0.29) is 18.3 Å². The molecule has 0 saturated carbocycles. The van der Waals surface area contributed by atoms with Crippen LogP contribution in [0.15, 0.2) is 42.6 Å². The third-order valence-electron chi connectivity index (χ3n) is 3.92. The average molecular weight is 332 g/mol. The monoisotopic (exact) mass is 332 g/mol. The number of aromatic nitrogens is 1. The molecule has 0 fully saturated rings. The van der Waals surface area contributed by atoms with E-state index in [0.717, 1.165) is 24.1 Å². The smallest absolute Gasteiger partial charge is 0.248 e. The molecule has 1 heterocycles. The fourth-order valence-electron chi connectivity index (χ4n) is 2.63. The molecule has 0 aliphatic rings. The summed E-state index contributed by atoms with van der Waals surface area (Å²) in [6.07, 6.45) is 3.94. The minimum atomic E-state index is -0.235. The van der Waals surface area contributed by atoms with Gasteiger partial charge in [0.1, 0.15) is 12.4 Å². The molecule has 0 radical (unpaired) electrons. The standard InChI is InChI=1S/C19H25FN2O2/c1-3-4-10-22(19(23)15-24-2)14-18-9-6-11-21(18)13-16-7-5-8-17(20)12-16/h5-9,11-12H,3-4,10,13-15H2,1-2H3. The lowest BCUT2D eigenvalue weighted by Crippen LogP contribution is -2.34.